The van der Waals surface area contributed by atoms with E-state index >= 15 is 0 Å². The van der Waals surface area contributed by atoms with Crippen LogP contribution in [0.2, 0.25) is 0 Å². The number of Topliss-reactive ketones (excluding diaryl/α,β-unsaturated/α-hetero) is 1. The van der Waals surface area contributed by atoms with Gasteiger partial charge in [0.05, 0.1) is 0 Å². The standard InChI is InChI=1S/C24H16O3/c25-22(17-11-5-2-6-12-17)24-15-19(16-9-3-1-4-10-16)21(24)18-13-7-8-14-20(18)27-23(24)26/h1-15,21H/t21-,24+/m1/s1. The molecule has 0 bridgehead atoms. The third kappa shape index (κ3) is 2.15. The molecule has 1 aliphatic heterocycles. The lowest BCUT2D eigenvalue weighted by molar-refractivity contribution is -0.143. The van der Waals surface area contributed by atoms with Crippen LogP contribution in [0.4, 0.5) is 0 Å². The van der Waals surface area contributed by atoms with Gasteiger partial charge in [-0.25, -0.2) is 0 Å². The Morgan fingerprint density at radius 3 is 2.19 bits per heavy atom. The molecule has 0 saturated heterocycles. The Balaban J connectivity index is 1.73. The smallest absolute Gasteiger partial charge is 0.330 e. The second kappa shape index (κ2) is 5.78. The van der Waals surface area contributed by atoms with E-state index in [4.69, 9.17) is 4.74 Å². The van der Waals surface area contributed by atoms with Crippen molar-refractivity contribution < 1.29 is 14.3 Å². The first-order valence-corrected chi connectivity index (χ1v) is 8.91. The van der Waals surface area contributed by atoms with Gasteiger partial charge in [0.25, 0.3) is 0 Å². The summed E-state index contributed by atoms with van der Waals surface area (Å²) in [7, 11) is 0. The van der Waals surface area contributed by atoms with Crippen molar-refractivity contribution in [2.24, 2.45) is 5.41 Å². The Kier molecular flexibility index (Phi) is 3.37. The summed E-state index contributed by atoms with van der Waals surface area (Å²) >= 11 is 0. The van der Waals surface area contributed by atoms with Crippen molar-refractivity contribution in [2.75, 3.05) is 0 Å². The first-order chi connectivity index (χ1) is 13.2. The molecule has 0 radical (unpaired) electrons. The number of hydrogen-bond donors (Lipinski definition) is 0. The van der Waals surface area contributed by atoms with Crippen molar-refractivity contribution in [3.05, 3.63) is 108 Å². The molecule has 3 heteroatoms. The minimum Gasteiger partial charge on any atom is -0.425 e. The van der Waals surface area contributed by atoms with Crippen LogP contribution in [0, 0.1) is 5.41 Å². The summed E-state index contributed by atoms with van der Waals surface area (Å²) in [6, 6.07) is 26.3. The van der Waals surface area contributed by atoms with Gasteiger partial charge >= 0.3 is 5.97 Å². The molecule has 2 aliphatic rings. The third-order valence-electron chi connectivity index (χ3n) is 5.44. The molecule has 3 aromatic rings. The van der Waals surface area contributed by atoms with Crippen LogP contribution in [0.3, 0.4) is 0 Å². The molecular weight excluding hydrogens is 336 g/mol. The van der Waals surface area contributed by atoms with E-state index < -0.39 is 11.4 Å². The number of hydrogen-bond acceptors (Lipinski definition) is 3. The van der Waals surface area contributed by atoms with Crippen molar-refractivity contribution in [1.82, 2.24) is 0 Å². The first-order valence-electron chi connectivity index (χ1n) is 8.91. The van der Waals surface area contributed by atoms with Crippen molar-refractivity contribution >= 4 is 17.3 Å². The summed E-state index contributed by atoms with van der Waals surface area (Å²) in [5.74, 6) is -0.525. The van der Waals surface area contributed by atoms with Crippen molar-refractivity contribution in [2.45, 2.75) is 5.92 Å². The summed E-state index contributed by atoms with van der Waals surface area (Å²) in [4.78, 5) is 26.5. The van der Waals surface area contributed by atoms with Gasteiger partial charge in [0, 0.05) is 17.0 Å². The van der Waals surface area contributed by atoms with Crippen LogP contribution in [0.15, 0.2) is 91.0 Å². The molecule has 0 N–H and O–H groups in total. The Morgan fingerprint density at radius 1 is 0.815 bits per heavy atom. The molecule has 3 nitrogen and oxygen atoms in total. The van der Waals surface area contributed by atoms with Gasteiger partial charge in [-0.3, -0.25) is 9.59 Å². The van der Waals surface area contributed by atoms with Crippen LogP contribution in [0.25, 0.3) is 5.57 Å². The molecule has 1 heterocycles. The van der Waals surface area contributed by atoms with Gasteiger partial charge in [0.2, 0.25) is 0 Å². The molecule has 0 aromatic heterocycles. The number of esters is 1. The molecule has 2 atom stereocenters. The van der Waals surface area contributed by atoms with E-state index in [1.807, 2.05) is 66.7 Å². The van der Waals surface area contributed by atoms with E-state index in [-0.39, 0.29) is 11.7 Å². The summed E-state index contributed by atoms with van der Waals surface area (Å²) < 4.78 is 5.59. The lowest BCUT2D eigenvalue weighted by Gasteiger charge is -2.48. The molecule has 0 saturated carbocycles. The number of fused-ring (bicyclic) bond motifs is 3. The second-order valence-electron chi connectivity index (χ2n) is 6.89. The summed E-state index contributed by atoms with van der Waals surface area (Å²) in [5, 5.41) is 0. The number of carbonyl (C=O) groups excluding carboxylic acids is 2. The quantitative estimate of drug-likeness (QED) is 0.298. The molecule has 130 valence electrons. The van der Waals surface area contributed by atoms with Crippen molar-refractivity contribution in [3.63, 3.8) is 0 Å². The number of allylic oxidation sites excluding steroid dienone is 1. The predicted molar refractivity (Wildman–Crippen MR) is 102 cm³/mol. The van der Waals surface area contributed by atoms with E-state index in [0.717, 1.165) is 16.7 Å². The van der Waals surface area contributed by atoms with Gasteiger partial charge in [-0.15, -0.1) is 0 Å². The largest absolute Gasteiger partial charge is 0.425 e. The zero-order valence-corrected chi connectivity index (χ0v) is 14.5. The van der Waals surface area contributed by atoms with Crippen LogP contribution in [0.1, 0.15) is 27.4 Å². The van der Waals surface area contributed by atoms with Gasteiger partial charge in [-0.05, 0) is 17.2 Å². The van der Waals surface area contributed by atoms with Gasteiger partial charge in [0.15, 0.2) is 11.2 Å². The highest BCUT2D eigenvalue weighted by molar-refractivity contribution is 6.21. The highest BCUT2D eigenvalue weighted by Gasteiger charge is 2.62. The molecule has 0 fully saturated rings. The van der Waals surface area contributed by atoms with Gasteiger partial charge in [-0.2, -0.15) is 0 Å². The summed E-state index contributed by atoms with van der Waals surface area (Å²) in [6.45, 7) is 0. The number of benzene rings is 3. The van der Waals surface area contributed by atoms with Crippen LogP contribution in [-0.2, 0) is 4.79 Å². The van der Waals surface area contributed by atoms with E-state index in [1.165, 1.54) is 0 Å². The molecule has 3 aromatic carbocycles. The van der Waals surface area contributed by atoms with E-state index in [2.05, 4.69) is 0 Å². The minimum absolute atomic E-state index is 0.215. The van der Waals surface area contributed by atoms with E-state index in [9.17, 15) is 9.59 Å². The lowest BCUT2D eigenvalue weighted by atomic mass is 9.54. The van der Waals surface area contributed by atoms with Crippen LogP contribution >= 0.6 is 0 Å². The molecular formula is C24H16O3. The number of ketones is 1. The Labute approximate surface area is 156 Å². The molecule has 1 aliphatic carbocycles. The van der Waals surface area contributed by atoms with Crippen molar-refractivity contribution in [1.29, 1.82) is 0 Å². The highest BCUT2D eigenvalue weighted by atomic mass is 16.5. The Bertz CT molecular complexity index is 1080. The molecule has 0 amide bonds. The molecule has 5 rings (SSSR count). The van der Waals surface area contributed by atoms with Gasteiger partial charge < -0.3 is 4.74 Å². The van der Waals surface area contributed by atoms with Gasteiger partial charge in [-0.1, -0.05) is 84.9 Å². The Hall–Kier alpha value is -3.46. The van der Waals surface area contributed by atoms with Crippen LogP contribution < -0.4 is 4.74 Å². The highest BCUT2D eigenvalue weighted by Crippen LogP contribution is 2.61. The number of para-hydroxylation sites is 1. The average Bonchev–Trinajstić information content (AvgIpc) is 2.70. The Morgan fingerprint density at radius 2 is 1.44 bits per heavy atom. The fourth-order valence-corrected chi connectivity index (χ4v) is 4.15. The first kappa shape index (κ1) is 15.8. The average molecular weight is 352 g/mol. The van der Waals surface area contributed by atoms with Crippen molar-refractivity contribution in [3.8, 4) is 5.75 Å². The topological polar surface area (TPSA) is 43.4 Å². The van der Waals surface area contributed by atoms with Crippen LogP contribution in [-0.4, -0.2) is 11.8 Å². The fourth-order valence-electron chi connectivity index (χ4n) is 4.15. The number of carbonyl (C=O) groups is 2. The zero-order valence-electron chi connectivity index (χ0n) is 14.5. The van der Waals surface area contributed by atoms with E-state index in [0.29, 0.717) is 11.3 Å². The zero-order chi connectivity index (χ0) is 18.4. The van der Waals surface area contributed by atoms with Gasteiger partial charge in [0.1, 0.15) is 5.75 Å². The molecule has 27 heavy (non-hydrogen) atoms. The SMILES string of the molecule is O=C1Oc2ccccc2[C@@H]2C(c3ccccc3)=C[C@]12C(=O)c1ccccc1. The predicted octanol–water partition coefficient (Wildman–Crippen LogP) is 4.66. The summed E-state index contributed by atoms with van der Waals surface area (Å²) in [5.41, 5.74) is 2.10. The monoisotopic (exact) mass is 352 g/mol. The third-order valence-corrected chi connectivity index (χ3v) is 5.44. The number of rotatable bonds is 3. The molecule has 0 unspecified atom stereocenters. The van der Waals surface area contributed by atoms with Crippen LogP contribution in [0.5, 0.6) is 5.75 Å². The second-order valence-corrected chi connectivity index (χ2v) is 6.89. The maximum absolute atomic E-state index is 13.4. The normalized spacial score (nSPS) is 22.6. The lowest BCUT2D eigenvalue weighted by Crippen LogP contribution is -2.53. The van der Waals surface area contributed by atoms with E-state index in [1.54, 1.807) is 24.3 Å². The number of ether oxygens (including phenoxy) is 1. The minimum atomic E-state index is -1.30. The maximum Gasteiger partial charge on any atom is 0.330 e. The fraction of sp³-hybridized carbons (Fsp3) is 0.0833. The summed E-state index contributed by atoms with van der Waals surface area (Å²) in [6.07, 6.45) is 1.79. The molecule has 0 spiro atoms. The maximum atomic E-state index is 13.4.